The Kier molecular flexibility index (Phi) is 4.57. The maximum Gasteiger partial charge on any atom is 0.273 e. The number of benzene rings is 1. The van der Waals surface area contributed by atoms with E-state index >= 15 is 0 Å². The Morgan fingerprint density at radius 2 is 1.90 bits per heavy atom. The molecule has 2 rings (SSSR count). The van der Waals surface area contributed by atoms with Crippen molar-refractivity contribution in [2.75, 3.05) is 0 Å². The van der Waals surface area contributed by atoms with Crippen LogP contribution in [0.25, 0.3) is 11.4 Å². The maximum absolute atomic E-state index is 11.6. The third kappa shape index (κ3) is 3.55. The third-order valence-corrected chi connectivity index (χ3v) is 4.25. The molecular weight excluding hydrogens is 335 g/mol. The van der Waals surface area contributed by atoms with Gasteiger partial charge in [-0.15, -0.1) is 10.2 Å². The fourth-order valence-corrected chi connectivity index (χ4v) is 2.80. The second kappa shape index (κ2) is 5.92. The van der Waals surface area contributed by atoms with Gasteiger partial charge in [0.2, 0.25) is 0 Å². The average molecular weight is 349 g/mol. The van der Waals surface area contributed by atoms with Gasteiger partial charge in [0.1, 0.15) is 0 Å². The number of nitrogens with two attached hydrogens (primary N) is 1. The van der Waals surface area contributed by atoms with Gasteiger partial charge in [0, 0.05) is 12.1 Å². The molecule has 0 saturated carbocycles. The first kappa shape index (κ1) is 16.2. The zero-order valence-electron chi connectivity index (χ0n) is 11.4. The minimum Gasteiger partial charge on any atom is -0.296 e. The number of sulfonamides is 1. The quantitative estimate of drug-likeness (QED) is 0.918. The standard InChI is InChI=1S/C12H14Cl2N4O2S/c1-7(2)6-18-11(16-17-12(18)21(15,19)20)8-3-4-9(13)10(14)5-8/h3-5,7H,6H2,1-2H3,(H2,15,19,20). The molecule has 21 heavy (non-hydrogen) atoms. The van der Waals surface area contributed by atoms with E-state index in [1.807, 2.05) is 13.8 Å². The highest BCUT2D eigenvalue weighted by Gasteiger charge is 2.22. The van der Waals surface area contributed by atoms with Crippen LogP contribution in [-0.2, 0) is 16.6 Å². The summed E-state index contributed by atoms with van der Waals surface area (Å²) in [6.45, 7) is 4.31. The van der Waals surface area contributed by atoms with Gasteiger partial charge in [-0.1, -0.05) is 37.0 Å². The summed E-state index contributed by atoms with van der Waals surface area (Å²) in [5, 5.41) is 13.3. The number of nitrogens with zero attached hydrogens (tertiary/aromatic N) is 3. The molecule has 2 N–H and O–H groups in total. The van der Waals surface area contributed by atoms with E-state index in [-0.39, 0.29) is 11.1 Å². The van der Waals surface area contributed by atoms with Crippen molar-refractivity contribution in [3.8, 4) is 11.4 Å². The van der Waals surface area contributed by atoms with Gasteiger partial charge in [0.15, 0.2) is 5.82 Å². The highest BCUT2D eigenvalue weighted by molar-refractivity contribution is 7.89. The topological polar surface area (TPSA) is 90.9 Å². The highest BCUT2D eigenvalue weighted by atomic mass is 35.5. The molecule has 6 nitrogen and oxygen atoms in total. The Balaban J connectivity index is 2.63. The number of hydrogen-bond donors (Lipinski definition) is 1. The third-order valence-electron chi connectivity index (χ3n) is 2.70. The lowest BCUT2D eigenvalue weighted by atomic mass is 10.2. The van der Waals surface area contributed by atoms with Crippen LogP contribution < -0.4 is 5.14 Å². The van der Waals surface area contributed by atoms with E-state index in [9.17, 15) is 8.42 Å². The molecule has 2 aromatic rings. The van der Waals surface area contributed by atoms with E-state index in [1.165, 1.54) is 4.57 Å². The number of halogens is 2. The second-order valence-electron chi connectivity index (χ2n) is 4.98. The monoisotopic (exact) mass is 348 g/mol. The number of aromatic nitrogens is 3. The zero-order valence-corrected chi connectivity index (χ0v) is 13.7. The van der Waals surface area contributed by atoms with Crippen LogP contribution in [0.5, 0.6) is 0 Å². The second-order valence-corrected chi connectivity index (χ2v) is 7.25. The zero-order chi connectivity index (χ0) is 15.8. The molecule has 1 aromatic heterocycles. The van der Waals surface area contributed by atoms with Crippen molar-refractivity contribution in [3.05, 3.63) is 28.2 Å². The molecular formula is C12H14Cl2N4O2S. The van der Waals surface area contributed by atoms with Gasteiger partial charge in [-0.05, 0) is 24.1 Å². The van der Waals surface area contributed by atoms with Gasteiger partial charge in [-0.3, -0.25) is 4.57 Å². The first-order valence-electron chi connectivity index (χ1n) is 6.11. The van der Waals surface area contributed by atoms with Crippen LogP contribution in [0, 0.1) is 5.92 Å². The summed E-state index contributed by atoms with van der Waals surface area (Å²) < 4.78 is 24.7. The van der Waals surface area contributed by atoms with Crippen molar-refractivity contribution < 1.29 is 8.42 Å². The van der Waals surface area contributed by atoms with E-state index < -0.39 is 10.0 Å². The Bertz CT molecular complexity index is 772. The van der Waals surface area contributed by atoms with Gasteiger partial charge in [0.05, 0.1) is 10.0 Å². The molecule has 0 radical (unpaired) electrons. The Hall–Kier alpha value is -1.15. The van der Waals surface area contributed by atoms with Crippen LogP contribution in [0.15, 0.2) is 23.4 Å². The average Bonchev–Trinajstić information content (AvgIpc) is 2.75. The molecule has 1 heterocycles. The first-order chi connectivity index (χ1) is 9.70. The summed E-state index contributed by atoms with van der Waals surface area (Å²) >= 11 is 11.9. The van der Waals surface area contributed by atoms with Crippen LogP contribution in [0.1, 0.15) is 13.8 Å². The Morgan fingerprint density at radius 3 is 2.43 bits per heavy atom. The van der Waals surface area contributed by atoms with E-state index in [4.69, 9.17) is 28.3 Å². The smallest absolute Gasteiger partial charge is 0.273 e. The molecule has 0 atom stereocenters. The molecule has 0 aliphatic carbocycles. The van der Waals surface area contributed by atoms with Crippen molar-refractivity contribution in [2.45, 2.75) is 25.5 Å². The Labute approximate surface area is 132 Å². The summed E-state index contributed by atoms with van der Waals surface area (Å²) in [4.78, 5) is 0. The van der Waals surface area contributed by atoms with Crippen LogP contribution in [0.4, 0.5) is 0 Å². The normalized spacial score (nSPS) is 12.1. The van der Waals surface area contributed by atoms with Crippen molar-refractivity contribution in [2.24, 2.45) is 11.1 Å². The van der Waals surface area contributed by atoms with Crippen LogP contribution in [-0.4, -0.2) is 23.2 Å². The predicted octanol–water partition coefficient (Wildman–Crippen LogP) is 2.56. The molecule has 0 aliphatic heterocycles. The van der Waals surface area contributed by atoms with E-state index in [0.29, 0.717) is 28.0 Å². The van der Waals surface area contributed by atoms with Gasteiger partial charge >= 0.3 is 0 Å². The lowest BCUT2D eigenvalue weighted by Gasteiger charge is -2.12. The molecule has 0 saturated heterocycles. The molecule has 0 fully saturated rings. The molecule has 0 bridgehead atoms. The van der Waals surface area contributed by atoms with Gasteiger partial charge in [0.25, 0.3) is 15.2 Å². The SMILES string of the molecule is CC(C)Cn1c(-c2ccc(Cl)c(Cl)c2)nnc1S(N)(=O)=O. The minimum atomic E-state index is -3.95. The number of hydrogen-bond acceptors (Lipinski definition) is 4. The van der Waals surface area contributed by atoms with E-state index in [1.54, 1.807) is 18.2 Å². The largest absolute Gasteiger partial charge is 0.296 e. The van der Waals surface area contributed by atoms with Crippen molar-refractivity contribution in [3.63, 3.8) is 0 Å². The first-order valence-corrected chi connectivity index (χ1v) is 8.42. The summed E-state index contributed by atoms with van der Waals surface area (Å²) in [6.07, 6.45) is 0. The number of rotatable bonds is 4. The highest BCUT2D eigenvalue weighted by Crippen LogP contribution is 2.28. The molecule has 9 heteroatoms. The van der Waals surface area contributed by atoms with Crippen molar-refractivity contribution in [1.29, 1.82) is 0 Å². The fourth-order valence-electron chi connectivity index (χ4n) is 1.88. The Morgan fingerprint density at radius 1 is 1.24 bits per heavy atom. The molecule has 0 aliphatic rings. The lowest BCUT2D eigenvalue weighted by molar-refractivity contribution is 0.486. The van der Waals surface area contributed by atoms with E-state index in [2.05, 4.69) is 10.2 Å². The summed E-state index contributed by atoms with van der Waals surface area (Å²) in [7, 11) is -3.95. The van der Waals surface area contributed by atoms with Gasteiger partial charge in [-0.25, -0.2) is 13.6 Å². The van der Waals surface area contributed by atoms with Crippen LogP contribution >= 0.6 is 23.2 Å². The van der Waals surface area contributed by atoms with E-state index in [0.717, 1.165) is 0 Å². The summed E-state index contributed by atoms with van der Waals surface area (Å²) in [6, 6.07) is 4.92. The molecule has 1 aromatic carbocycles. The van der Waals surface area contributed by atoms with Gasteiger partial charge < -0.3 is 0 Å². The number of primary sulfonamides is 1. The summed E-state index contributed by atoms with van der Waals surface area (Å²) in [5.74, 6) is 0.564. The van der Waals surface area contributed by atoms with Gasteiger partial charge in [-0.2, -0.15) is 0 Å². The van der Waals surface area contributed by atoms with Crippen LogP contribution in [0.2, 0.25) is 10.0 Å². The maximum atomic E-state index is 11.6. The lowest BCUT2D eigenvalue weighted by Crippen LogP contribution is -2.20. The minimum absolute atomic E-state index is 0.183. The van der Waals surface area contributed by atoms with Crippen molar-refractivity contribution >= 4 is 33.2 Å². The molecule has 0 spiro atoms. The van der Waals surface area contributed by atoms with Crippen LogP contribution in [0.3, 0.4) is 0 Å². The molecule has 0 amide bonds. The summed E-state index contributed by atoms with van der Waals surface area (Å²) in [5.41, 5.74) is 0.618. The predicted molar refractivity (Wildman–Crippen MR) is 81.7 cm³/mol. The molecule has 0 unspecified atom stereocenters. The molecule has 114 valence electrons. The fraction of sp³-hybridized carbons (Fsp3) is 0.333. The van der Waals surface area contributed by atoms with Crippen molar-refractivity contribution in [1.82, 2.24) is 14.8 Å².